The number of rotatable bonds is 6. The molecule has 1 amide bonds. The van der Waals surface area contributed by atoms with Crippen LogP contribution in [-0.4, -0.2) is 38.5 Å². The lowest BCUT2D eigenvalue weighted by atomic mass is 9.94. The number of hydrogen-bond donors (Lipinski definition) is 2. The first-order chi connectivity index (χ1) is 7.59. The van der Waals surface area contributed by atoms with Crippen LogP contribution >= 0.6 is 0 Å². The molecule has 1 aliphatic rings. The minimum absolute atomic E-state index is 0.0245. The molecule has 0 atom stereocenters. The maximum atomic E-state index is 11.6. The fourth-order valence-corrected chi connectivity index (χ4v) is 2.10. The van der Waals surface area contributed by atoms with Gasteiger partial charge in [-0.05, 0) is 12.8 Å². The molecule has 0 spiro atoms. The van der Waals surface area contributed by atoms with E-state index in [0.29, 0.717) is 13.0 Å². The molecule has 0 bridgehead atoms. The lowest BCUT2D eigenvalue weighted by molar-refractivity contribution is -0.128. The molecule has 1 saturated carbocycles. The summed E-state index contributed by atoms with van der Waals surface area (Å²) in [6.07, 6.45) is 4.15. The predicted octanol–water partition coefficient (Wildman–Crippen LogP) is 0.383. The molecule has 0 aromatic rings. The Labute approximate surface area is 96.7 Å². The monoisotopic (exact) mass is 230 g/mol. The number of ether oxygens (including phenoxy) is 2. The van der Waals surface area contributed by atoms with Gasteiger partial charge in [-0.25, -0.2) is 0 Å². The highest BCUT2D eigenvalue weighted by Gasteiger charge is 2.31. The van der Waals surface area contributed by atoms with Crippen LogP contribution in [-0.2, 0) is 14.3 Å². The van der Waals surface area contributed by atoms with Crippen molar-refractivity contribution >= 4 is 5.91 Å². The number of carbonyl (C=O) groups excluding carboxylic acids is 1. The van der Waals surface area contributed by atoms with Crippen molar-refractivity contribution in [3.05, 3.63) is 0 Å². The Hall–Kier alpha value is -0.650. The van der Waals surface area contributed by atoms with Crippen LogP contribution in [0.2, 0.25) is 0 Å². The van der Waals surface area contributed by atoms with Crippen LogP contribution in [0.4, 0.5) is 0 Å². The van der Waals surface area contributed by atoms with Gasteiger partial charge in [-0.3, -0.25) is 4.79 Å². The van der Waals surface area contributed by atoms with Gasteiger partial charge >= 0.3 is 0 Å². The van der Waals surface area contributed by atoms with Crippen molar-refractivity contribution in [3.8, 4) is 0 Å². The number of methoxy groups -OCH3 is 2. The lowest BCUT2D eigenvalue weighted by Gasteiger charge is -2.23. The van der Waals surface area contributed by atoms with E-state index in [2.05, 4.69) is 5.32 Å². The van der Waals surface area contributed by atoms with E-state index in [1.54, 1.807) is 14.2 Å². The van der Waals surface area contributed by atoms with Gasteiger partial charge < -0.3 is 20.5 Å². The van der Waals surface area contributed by atoms with Crippen molar-refractivity contribution in [1.82, 2.24) is 5.32 Å². The summed E-state index contributed by atoms with van der Waals surface area (Å²) in [6, 6.07) is 0. The molecular formula is C11H22N2O3. The number of hydrogen-bond acceptors (Lipinski definition) is 4. The first-order valence-corrected chi connectivity index (χ1v) is 5.71. The van der Waals surface area contributed by atoms with Gasteiger partial charge in [0.15, 0.2) is 6.29 Å². The van der Waals surface area contributed by atoms with Crippen molar-refractivity contribution in [2.24, 2.45) is 5.73 Å². The predicted molar refractivity (Wildman–Crippen MR) is 60.8 cm³/mol. The van der Waals surface area contributed by atoms with Crippen molar-refractivity contribution in [2.75, 3.05) is 20.8 Å². The van der Waals surface area contributed by atoms with Crippen LogP contribution in [0.5, 0.6) is 0 Å². The maximum Gasteiger partial charge on any atom is 0.222 e. The molecule has 5 heteroatoms. The van der Waals surface area contributed by atoms with Crippen LogP contribution in [0, 0.1) is 0 Å². The normalized spacial score (nSPS) is 19.0. The maximum absolute atomic E-state index is 11.6. The molecule has 0 aromatic carbocycles. The Morgan fingerprint density at radius 1 is 1.38 bits per heavy atom. The standard InChI is InChI=1S/C11H22N2O3/c1-15-10(16-2)8-13-9(14)7-11(12)5-3-4-6-11/h10H,3-8,12H2,1-2H3,(H,13,14). The van der Waals surface area contributed by atoms with Crippen LogP contribution in [0.1, 0.15) is 32.1 Å². The number of amides is 1. The summed E-state index contributed by atoms with van der Waals surface area (Å²) < 4.78 is 9.95. The molecule has 0 aromatic heterocycles. The Balaban J connectivity index is 2.25. The van der Waals surface area contributed by atoms with E-state index in [1.165, 1.54) is 0 Å². The quantitative estimate of drug-likeness (QED) is 0.647. The van der Waals surface area contributed by atoms with Crippen LogP contribution < -0.4 is 11.1 Å². The third kappa shape index (κ3) is 4.08. The van der Waals surface area contributed by atoms with Gasteiger partial charge in [0, 0.05) is 26.2 Å². The Morgan fingerprint density at radius 2 is 1.94 bits per heavy atom. The molecule has 5 nitrogen and oxygen atoms in total. The first-order valence-electron chi connectivity index (χ1n) is 5.71. The van der Waals surface area contributed by atoms with Crippen molar-refractivity contribution in [2.45, 2.75) is 43.9 Å². The summed E-state index contributed by atoms with van der Waals surface area (Å²) in [4.78, 5) is 11.6. The van der Waals surface area contributed by atoms with Crippen molar-refractivity contribution in [1.29, 1.82) is 0 Å². The smallest absolute Gasteiger partial charge is 0.222 e. The Morgan fingerprint density at radius 3 is 2.44 bits per heavy atom. The fourth-order valence-electron chi connectivity index (χ4n) is 2.10. The van der Waals surface area contributed by atoms with Gasteiger partial charge in [-0.1, -0.05) is 12.8 Å². The van der Waals surface area contributed by atoms with Crippen LogP contribution in [0.3, 0.4) is 0 Å². The molecule has 16 heavy (non-hydrogen) atoms. The van der Waals surface area contributed by atoms with Crippen LogP contribution in [0.15, 0.2) is 0 Å². The second-order valence-electron chi connectivity index (χ2n) is 4.45. The second kappa shape index (κ2) is 6.18. The Bertz CT molecular complexity index is 223. The molecule has 0 saturated heterocycles. The summed E-state index contributed by atoms with van der Waals surface area (Å²) in [6.45, 7) is 0.363. The Kier molecular flexibility index (Phi) is 5.18. The highest BCUT2D eigenvalue weighted by atomic mass is 16.7. The molecule has 0 aliphatic heterocycles. The number of carbonyl (C=O) groups is 1. The molecule has 1 rings (SSSR count). The highest BCUT2D eigenvalue weighted by Crippen LogP contribution is 2.29. The number of nitrogens with two attached hydrogens (primary N) is 1. The van der Waals surface area contributed by atoms with E-state index >= 15 is 0 Å². The minimum atomic E-state index is -0.388. The van der Waals surface area contributed by atoms with E-state index in [9.17, 15) is 4.79 Å². The summed E-state index contributed by atoms with van der Waals surface area (Å²) in [7, 11) is 3.09. The molecule has 94 valence electrons. The third-order valence-corrected chi connectivity index (χ3v) is 3.10. The second-order valence-corrected chi connectivity index (χ2v) is 4.45. The third-order valence-electron chi connectivity index (χ3n) is 3.10. The van der Waals surface area contributed by atoms with Gasteiger partial charge in [0.2, 0.25) is 5.91 Å². The average Bonchev–Trinajstić information content (AvgIpc) is 2.66. The van der Waals surface area contributed by atoms with Crippen molar-refractivity contribution in [3.63, 3.8) is 0 Å². The van der Waals surface area contributed by atoms with Crippen LogP contribution in [0.25, 0.3) is 0 Å². The zero-order valence-corrected chi connectivity index (χ0v) is 10.1. The van der Waals surface area contributed by atoms with Crippen molar-refractivity contribution < 1.29 is 14.3 Å². The molecule has 0 heterocycles. The lowest BCUT2D eigenvalue weighted by Crippen LogP contribution is -2.43. The van der Waals surface area contributed by atoms with E-state index < -0.39 is 0 Å². The van der Waals surface area contributed by atoms with Gasteiger partial charge in [0.25, 0.3) is 0 Å². The number of nitrogens with one attached hydrogen (secondary N) is 1. The van der Waals surface area contributed by atoms with Gasteiger partial charge in [-0.15, -0.1) is 0 Å². The molecule has 0 radical (unpaired) electrons. The fraction of sp³-hybridized carbons (Fsp3) is 0.909. The van der Waals surface area contributed by atoms with E-state index in [-0.39, 0.29) is 17.7 Å². The SMILES string of the molecule is COC(CNC(=O)CC1(N)CCCC1)OC. The topological polar surface area (TPSA) is 73.6 Å². The largest absolute Gasteiger partial charge is 0.354 e. The summed E-state index contributed by atoms with van der Waals surface area (Å²) in [5, 5.41) is 2.77. The van der Waals surface area contributed by atoms with Gasteiger partial charge in [0.05, 0.1) is 6.54 Å². The highest BCUT2D eigenvalue weighted by molar-refractivity contribution is 5.77. The summed E-state index contributed by atoms with van der Waals surface area (Å²) in [5.74, 6) is -0.0245. The molecule has 1 aliphatic carbocycles. The minimum Gasteiger partial charge on any atom is -0.354 e. The molecule has 3 N–H and O–H groups in total. The van der Waals surface area contributed by atoms with E-state index in [4.69, 9.17) is 15.2 Å². The first kappa shape index (κ1) is 13.4. The average molecular weight is 230 g/mol. The van der Waals surface area contributed by atoms with E-state index in [1.807, 2.05) is 0 Å². The molecule has 0 unspecified atom stereocenters. The zero-order valence-electron chi connectivity index (χ0n) is 10.1. The summed E-state index contributed by atoms with van der Waals surface area (Å²) in [5.41, 5.74) is 5.82. The molecular weight excluding hydrogens is 208 g/mol. The van der Waals surface area contributed by atoms with Gasteiger partial charge in [-0.2, -0.15) is 0 Å². The summed E-state index contributed by atoms with van der Waals surface area (Å²) >= 11 is 0. The molecule has 1 fully saturated rings. The zero-order chi connectivity index (χ0) is 12.0. The van der Waals surface area contributed by atoms with E-state index in [0.717, 1.165) is 25.7 Å². The van der Waals surface area contributed by atoms with Gasteiger partial charge in [0.1, 0.15) is 0 Å².